The highest BCUT2D eigenvalue weighted by atomic mass is 32.2. The molecule has 1 saturated heterocycles. The van der Waals surface area contributed by atoms with E-state index in [9.17, 15) is 0 Å². The zero-order chi connectivity index (χ0) is 13.3. The molecule has 0 spiro atoms. The van der Waals surface area contributed by atoms with E-state index in [0.29, 0.717) is 0 Å². The highest BCUT2D eigenvalue weighted by Crippen LogP contribution is 2.43. The second-order valence-corrected chi connectivity index (χ2v) is 9.24. The van der Waals surface area contributed by atoms with Gasteiger partial charge in [-0.15, -0.1) is 0 Å². The number of thiol groups is 1. The number of rotatable bonds is 1. The van der Waals surface area contributed by atoms with Crippen molar-refractivity contribution in [3.05, 3.63) is 28.8 Å². The van der Waals surface area contributed by atoms with E-state index in [0.717, 1.165) is 0 Å². The summed E-state index contributed by atoms with van der Waals surface area (Å²) in [6.45, 7) is 11.6. The molecule has 1 aromatic carbocycles. The first kappa shape index (κ1) is 14.0. The normalized spacial score (nSPS) is 19.1. The first-order chi connectivity index (χ1) is 8.39. The lowest BCUT2D eigenvalue weighted by Crippen LogP contribution is -2.15. The van der Waals surface area contributed by atoms with Crippen LogP contribution in [0.1, 0.15) is 56.7 Å². The minimum absolute atomic E-state index is 0.153. The number of hydrogen-bond acceptors (Lipinski definition) is 0. The quantitative estimate of drug-likeness (QED) is 0.667. The average Bonchev–Trinajstić information content (AvgIpc) is 2.27. The van der Waals surface area contributed by atoms with E-state index < -0.39 is 0 Å². The summed E-state index contributed by atoms with van der Waals surface area (Å²) in [6, 6.07) is 4.98. The van der Waals surface area contributed by atoms with Crippen LogP contribution < -0.4 is 0 Å². The Labute approximate surface area is 116 Å². The molecular formula is C17H28S. The van der Waals surface area contributed by atoms with E-state index in [4.69, 9.17) is 0 Å². The maximum absolute atomic E-state index is 2.49. The van der Waals surface area contributed by atoms with Crippen LogP contribution in [0.2, 0.25) is 0 Å². The van der Waals surface area contributed by atoms with Gasteiger partial charge in [-0.05, 0) is 77.3 Å². The molecule has 0 saturated carbocycles. The highest BCUT2D eigenvalue weighted by molar-refractivity contribution is 8.17. The molecule has 102 valence electrons. The minimum Gasteiger partial charge on any atom is -0.227 e. The average molecular weight is 264 g/mol. The SMILES string of the molecule is Cc1cc([SH]2CCCCC2)cc(C)c1C(C)(C)C. The molecule has 2 rings (SSSR count). The summed E-state index contributed by atoms with van der Waals surface area (Å²) in [7, 11) is 0.153. The third-order valence-corrected chi connectivity index (χ3v) is 6.69. The number of hydrogen-bond donors (Lipinski definition) is 1. The second-order valence-electron chi connectivity index (χ2n) is 6.75. The van der Waals surface area contributed by atoms with Crippen LogP contribution in [-0.2, 0) is 5.41 Å². The molecule has 1 heterocycles. The summed E-state index contributed by atoms with van der Waals surface area (Å²) in [5.41, 5.74) is 4.83. The summed E-state index contributed by atoms with van der Waals surface area (Å²) in [4.78, 5) is 1.66. The van der Waals surface area contributed by atoms with Gasteiger partial charge >= 0.3 is 0 Å². The van der Waals surface area contributed by atoms with Crippen molar-refractivity contribution in [1.29, 1.82) is 0 Å². The first-order valence-electron chi connectivity index (χ1n) is 7.26. The topological polar surface area (TPSA) is 0 Å². The fourth-order valence-corrected chi connectivity index (χ4v) is 6.16. The lowest BCUT2D eigenvalue weighted by atomic mass is 9.81. The molecule has 1 fully saturated rings. The maximum Gasteiger partial charge on any atom is -0.0120 e. The Kier molecular flexibility index (Phi) is 4.11. The molecule has 1 aliphatic heterocycles. The van der Waals surface area contributed by atoms with Gasteiger partial charge in [-0.25, -0.2) is 10.9 Å². The van der Waals surface area contributed by atoms with E-state index in [2.05, 4.69) is 46.8 Å². The van der Waals surface area contributed by atoms with Crippen molar-refractivity contribution in [1.82, 2.24) is 0 Å². The fraction of sp³-hybridized carbons (Fsp3) is 0.647. The van der Waals surface area contributed by atoms with Crippen molar-refractivity contribution < 1.29 is 0 Å². The van der Waals surface area contributed by atoms with Crippen molar-refractivity contribution in [2.45, 2.75) is 64.2 Å². The molecule has 0 unspecified atom stereocenters. The maximum atomic E-state index is 2.49. The van der Waals surface area contributed by atoms with Crippen molar-refractivity contribution >= 4 is 10.9 Å². The molecular weight excluding hydrogens is 236 g/mol. The molecule has 0 radical (unpaired) electrons. The molecule has 0 amide bonds. The Bertz CT molecular complexity index is 397. The van der Waals surface area contributed by atoms with E-state index in [1.54, 1.807) is 10.5 Å². The van der Waals surface area contributed by atoms with Crippen LogP contribution in [0.4, 0.5) is 0 Å². The summed E-state index contributed by atoms with van der Waals surface area (Å²) >= 11 is 0. The monoisotopic (exact) mass is 264 g/mol. The molecule has 1 aromatic rings. The first-order valence-corrected chi connectivity index (χ1v) is 8.97. The zero-order valence-electron chi connectivity index (χ0n) is 12.6. The third-order valence-electron chi connectivity index (χ3n) is 3.99. The third kappa shape index (κ3) is 2.93. The van der Waals surface area contributed by atoms with Crippen molar-refractivity contribution in [2.75, 3.05) is 11.5 Å². The van der Waals surface area contributed by atoms with E-state index in [1.807, 2.05) is 0 Å². The van der Waals surface area contributed by atoms with Crippen LogP contribution in [0.3, 0.4) is 0 Å². The second kappa shape index (κ2) is 5.28. The van der Waals surface area contributed by atoms with Gasteiger partial charge in [-0.3, -0.25) is 0 Å². The van der Waals surface area contributed by atoms with Gasteiger partial charge in [0, 0.05) is 0 Å². The van der Waals surface area contributed by atoms with E-state index in [1.165, 1.54) is 41.9 Å². The van der Waals surface area contributed by atoms with Crippen LogP contribution in [0.25, 0.3) is 0 Å². The fourth-order valence-electron chi connectivity index (χ4n) is 3.46. The molecule has 0 N–H and O–H groups in total. The summed E-state index contributed by atoms with van der Waals surface area (Å²) in [6.07, 6.45) is 4.35. The lowest BCUT2D eigenvalue weighted by molar-refractivity contribution is 0.581. The Morgan fingerprint density at radius 2 is 1.39 bits per heavy atom. The zero-order valence-corrected chi connectivity index (χ0v) is 13.5. The summed E-state index contributed by atoms with van der Waals surface area (Å²) < 4.78 is 0. The smallest absolute Gasteiger partial charge is 0.0120 e. The largest absolute Gasteiger partial charge is 0.227 e. The minimum atomic E-state index is 0.153. The van der Waals surface area contributed by atoms with Crippen molar-refractivity contribution in [3.8, 4) is 0 Å². The lowest BCUT2D eigenvalue weighted by Gasteiger charge is -2.30. The van der Waals surface area contributed by atoms with Gasteiger partial charge in [0.25, 0.3) is 0 Å². The van der Waals surface area contributed by atoms with Gasteiger partial charge in [0.15, 0.2) is 0 Å². The van der Waals surface area contributed by atoms with Crippen molar-refractivity contribution in [2.24, 2.45) is 0 Å². The number of benzene rings is 1. The Morgan fingerprint density at radius 3 is 1.83 bits per heavy atom. The Balaban J connectivity index is 2.36. The summed E-state index contributed by atoms with van der Waals surface area (Å²) in [5.74, 6) is 2.92. The predicted octanol–water partition coefficient (Wildman–Crippen LogP) is 5.14. The number of aryl methyl sites for hydroxylation is 2. The van der Waals surface area contributed by atoms with Gasteiger partial charge < -0.3 is 0 Å². The molecule has 0 bridgehead atoms. The molecule has 1 aliphatic rings. The summed E-state index contributed by atoms with van der Waals surface area (Å²) in [5, 5.41) is 0. The molecule has 1 heteroatoms. The van der Waals surface area contributed by atoms with E-state index >= 15 is 0 Å². The molecule has 18 heavy (non-hydrogen) atoms. The van der Waals surface area contributed by atoms with Gasteiger partial charge in [0.2, 0.25) is 0 Å². The molecule has 0 nitrogen and oxygen atoms in total. The van der Waals surface area contributed by atoms with Gasteiger partial charge in [-0.1, -0.05) is 27.2 Å². The van der Waals surface area contributed by atoms with Crippen LogP contribution in [0, 0.1) is 13.8 Å². The Morgan fingerprint density at radius 1 is 0.889 bits per heavy atom. The van der Waals surface area contributed by atoms with Crippen LogP contribution >= 0.6 is 10.9 Å². The van der Waals surface area contributed by atoms with Crippen molar-refractivity contribution in [3.63, 3.8) is 0 Å². The van der Waals surface area contributed by atoms with Crippen LogP contribution in [0.15, 0.2) is 17.0 Å². The Hall–Kier alpha value is -0.430. The van der Waals surface area contributed by atoms with Gasteiger partial charge in [0.05, 0.1) is 0 Å². The van der Waals surface area contributed by atoms with Gasteiger partial charge in [0.1, 0.15) is 0 Å². The molecule has 0 aliphatic carbocycles. The van der Waals surface area contributed by atoms with Gasteiger partial charge in [-0.2, -0.15) is 0 Å². The van der Waals surface area contributed by atoms with E-state index in [-0.39, 0.29) is 16.3 Å². The molecule has 0 atom stereocenters. The standard InChI is InChI=1S/C17H28S/c1-13-11-15(18-9-7-6-8-10-18)12-14(2)16(13)17(3,4)5/h11-12,18H,6-10H2,1-5H3. The van der Waals surface area contributed by atoms with Crippen LogP contribution in [-0.4, -0.2) is 11.5 Å². The predicted molar refractivity (Wildman–Crippen MR) is 85.5 cm³/mol. The highest BCUT2D eigenvalue weighted by Gasteiger charge is 2.21. The van der Waals surface area contributed by atoms with Crippen LogP contribution in [0.5, 0.6) is 0 Å². The molecule has 0 aromatic heterocycles.